The number of aryl methyl sites for hydroxylation is 2. The monoisotopic (exact) mass is 228 g/mol. The fraction of sp³-hybridized carbons (Fsp3) is 0.333. The third-order valence-electron chi connectivity index (χ3n) is 3.10. The van der Waals surface area contributed by atoms with Gasteiger partial charge in [0.1, 0.15) is 0 Å². The predicted molar refractivity (Wildman–Crippen MR) is 72.2 cm³/mol. The largest absolute Gasteiger partial charge is 0.350 e. The van der Waals surface area contributed by atoms with Crippen LogP contribution in [-0.4, -0.2) is 11.1 Å². The zero-order chi connectivity index (χ0) is 12.3. The van der Waals surface area contributed by atoms with Crippen molar-refractivity contribution in [2.45, 2.75) is 26.8 Å². The lowest BCUT2D eigenvalue weighted by Gasteiger charge is -2.08. The summed E-state index contributed by atoms with van der Waals surface area (Å²) >= 11 is 0. The first-order valence-corrected chi connectivity index (χ1v) is 6.10. The number of hydrogen-bond donors (Lipinski definition) is 1. The molecule has 0 atom stereocenters. The van der Waals surface area contributed by atoms with Crippen LogP contribution in [0.3, 0.4) is 0 Å². The van der Waals surface area contributed by atoms with Gasteiger partial charge in [-0.15, -0.1) is 0 Å². The van der Waals surface area contributed by atoms with Crippen LogP contribution in [0, 0.1) is 13.8 Å². The zero-order valence-corrected chi connectivity index (χ0v) is 10.6. The van der Waals surface area contributed by atoms with Crippen LogP contribution in [0.2, 0.25) is 0 Å². The molecular formula is C15H20N2. The lowest BCUT2D eigenvalue weighted by molar-refractivity contribution is 0.794. The molecule has 1 aromatic heterocycles. The molecule has 0 aliphatic heterocycles. The third kappa shape index (κ3) is 2.98. The molecule has 0 aliphatic rings. The van der Waals surface area contributed by atoms with Crippen molar-refractivity contribution in [3.05, 3.63) is 58.9 Å². The van der Waals surface area contributed by atoms with Crippen LogP contribution in [0.5, 0.6) is 0 Å². The van der Waals surface area contributed by atoms with Gasteiger partial charge < -0.3 is 10.3 Å². The summed E-state index contributed by atoms with van der Waals surface area (Å²) in [7, 11) is 0. The highest BCUT2D eigenvalue weighted by Crippen LogP contribution is 2.13. The summed E-state index contributed by atoms with van der Waals surface area (Å²) in [5.41, 5.74) is 10.9. The molecular weight excluding hydrogens is 208 g/mol. The van der Waals surface area contributed by atoms with Crippen molar-refractivity contribution in [3.8, 4) is 0 Å². The minimum absolute atomic E-state index is 0.716. The Bertz CT molecular complexity index is 497. The molecule has 2 nitrogen and oxygen atoms in total. The Balaban J connectivity index is 2.16. The molecule has 2 aromatic rings. The van der Waals surface area contributed by atoms with Crippen LogP contribution in [0.4, 0.5) is 0 Å². The molecule has 1 aromatic carbocycles. The van der Waals surface area contributed by atoms with E-state index in [1.54, 1.807) is 0 Å². The van der Waals surface area contributed by atoms with Crippen LogP contribution < -0.4 is 5.73 Å². The minimum atomic E-state index is 0.716. The molecule has 0 spiro atoms. The number of aromatic nitrogens is 1. The second-order valence-corrected chi connectivity index (χ2v) is 4.66. The Hall–Kier alpha value is -1.54. The molecule has 1 heterocycles. The number of nitrogens with two attached hydrogens (primary N) is 1. The van der Waals surface area contributed by atoms with Crippen molar-refractivity contribution >= 4 is 0 Å². The van der Waals surface area contributed by atoms with E-state index in [2.05, 4.69) is 55.1 Å². The van der Waals surface area contributed by atoms with Gasteiger partial charge in [0.05, 0.1) is 0 Å². The molecule has 17 heavy (non-hydrogen) atoms. The van der Waals surface area contributed by atoms with Crippen LogP contribution in [-0.2, 0) is 13.0 Å². The molecule has 0 unspecified atom stereocenters. The van der Waals surface area contributed by atoms with E-state index in [1.165, 1.54) is 22.3 Å². The van der Waals surface area contributed by atoms with E-state index in [9.17, 15) is 0 Å². The molecule has 0 saturated carbocycles. The number of rotatable bonds is 4. The van der Waals surface area contributed by atoms with Crippen molar-refractivity contribution in [2.24, 2.45) is 5.73 Å². The van der Waals surface area contributed by atoms with Crippen LogP contribution in [0.15, 0.2) is 36.7 Å². The summed E-state index contributed by atoms with van der Waals surface area (Å²) < 4.78 is 2.23. The van der Waals surface area contributed by atoms with E-state index in [-0.39, 0.29) is 0 Å². The Morgan fingerprint density at radius 2 is 2.00 bits per heavy atom. The Morgan fingerprint density at radius 3 is 2.76 bits per heavy atom. The van der Waals surface area contributed by atoms with Crippen LogP contribution in [0.1, 0.15) is 22.3 Å². The molecule has 0 aliphatic carbocycles. The first-order chi connectivity index (χ1) is 8.19. The SMILES string of the molecule is Cc1ccc(C)c(Cn2ccc(CCN)c2)c1. The third-order valence-corrected chi connectivity index (χ3v) is 3.10. The zero-order valence-electron chi connectivity index (χ0n) is 10.6. The minimum Gasteiger partial charge on any atom is -0.350 e. The molecule has 2 heteroatoms. The van der Waals surface area contributed by atoms with Gasteiger partial charge in [-0.2, -0.15) is 0 Å². The van der Waals surface area contributed by atoms with E-state index in [0.717, 1.165) is 13.0 Å². The molecule has 0 bridgehead atoms. The fourth-order valence-corrected chi connectivity index (χ4v) is 2.07. The molecule has 2 N–H and O–H groups in total. The smallest absolute Gasteiger partial charge is 0.0473 e. The molecule has 0 fully saturated rings. The molecule has 0 saturated heterocycles. The van der Waals surface area contributed by atoms with Gasteiger partial charge in [-0.05, 0) is 49.6 Å². The fourth-order valence-electron chi connectivity index (χ4n) is 2.07. The summed E-state index contributed by atoms with van der Waals surface area (Å²) in [4.78, 5) is 0. The van der Waals surface area contributed by atoms with Gasteiger partial charge in [-0.25, -0.2) is 0 Å². The van der Waals surface area contributed by atoms with Gasteiger partial charge in [-0.1, -0.05) is 23.8 Å². The van der Waals surface area contributed by atoms with E-state index >= 15 is 0 Å². The Labute approximate surface area is 103 Å². The number of hydrogen-bond acceptors (Lipinski definition) is 1. The standard InChI is InChI=1S/C15H20N2/c1-12-3-4-13(2)15(9-12)11-17-8-6-14(10-17)5-7-16/h3-4,6,8-10H,5,7,11,16H2,1-2H3. The summed E-state index contributed by atoms with van der Waals surface area (Å²) in [6.45, 7) is 5.96. The molecule has 0 radical (unpaired) electrons. The quantitative estimate of drug-likeness (QED) is 0.857. The first-order valence-electron chi connectivity index (χ1n) is 6.10. The topological polar surface area (TPSA) is 30.9 Å². The van der Waals surface area contributed by atoms with Crippen molar-refractivity contribution in [1.29, 1.82) is 0 Å². The lowest BCUT2D eigenvalue weighted by Crippen LogP contribution is -2.02. The highest BCUT2D eigenvalue weighted by molar-refractivity contribution is 5.31. The molecule has 0 amide bonds. The van der Waals surface area contributed by atoms with Crippen molar-refractivity contribution < 1.29 is 0 Å². The number of benzene rings is 1. The van der Waals surface area contributed by atoms with Gasteiger partial charge in [0.25, 0.3) is 0 Å². The maximum atomic E-state index is 5.56. The number of nitrogens with zero attached hydrogens (tertiary/aromatic N) is 1. The maximum Gasteiger partial charge on any atom is 0.0473 e. The van der Waals surface area contributed by atoms with Gasteiger partial charge >= 0.3 is 0 Å². The van der Waals surface area contributed by atoms with E-state index in [0.29, 0.717) is 6.54 Å². The summed E-state index contributed by atoms with van der Waals surface area (Å²) in [6.07, 6.45) is 5.28. The predicted octanol–water partition coefficient (Wildman–Crippen LogP) is 2.65. The average molecular weight is 228 g/mol. The second-order valence-electron chi connectivity index (χ2n) is 4.66. The summed E-state index contributed by atoms with van der Waals surface area (Å²) in [5.74, 6) is 0. The molecule has 2 rings (SSSR count). The van der Waals surface area contributed by atoms with Crippen molar-refractivity contribution in [3.63, 3.8) is 0 Å². The van der Waals surface area contributed by atoms with Crippen molar-refractivity contribution in [2.75, 3.05) is 6.54 Å². The van der Waals surface area contributed by atoms with Crippen molar-refractivity contribution in [1.82, 2.24) is 4.57 Å². The summed E-state index contributed by atoms with van der Waals surface area (Å²) in [5, 5.41) is 0. The first kappa shape index (κ1) is 11.9. The lowest BCUT2D eigenvalue weighted by atomic mass is 10.1. The van der Waals surface area contributed by atoms with E-state index in [4.69, 9.17) is 5.73 Å². The summed E-state index contributed by atoms with van der Waals surface area (Å²) in [6, 6.07) is 8.76. The van der Waals surface area contributed by atoms with E-state index < -0.39 is 0 Å². The highest BCUT2D eigenvalue weighted by atomic mass is 14.9. The Kier molecular flexibility index (Phi) is 3.64. The highest BCUT2D eigenvalue weighted by Gasteiger charge is 2.01. The van der Waals surface area contributed by atoms with E-state index in [1.807, 2.05) is 0 Å². The second kappa shape index (κ2) is 5.19. The van der Waals surface area contributed by atoms with Crippen LogP contribution in [0.25, 0.3) is 0 Å². The van der Waals surface area contributed by atoms with Gasteiger partial charge in [-0.3, -0.25) is 0 Å². The average Bonchev–Trinajstić information content (AvgIpc) is 2.72. The van der Waals surface area contributed by atoms with Crippen LogP contribution >= 0.6 is 0 Å². The van der Waals surface area contributed by atoms with Gasteiger partial charge in [0, 0.05) is 18.9 Å². The van der Waals surface area contributed by atoms with Gasteiger partial charge in [0.15, 0.2) is 0 Å². The normalized spacial score (nSPS) is 10.8. The molecule has 90 valence electrons. The maximum absolute atomic E-state index is 5.56. The Morgan fingerprint density at radius 1 is 1.18 bits per heavy atom. The van der Waals surface area contributed by atoms with Gasteiger partial charge in [0.2, 0.25) is 0 Å².